The van der Waals surface area contributed by atoms with Crippen molar-refractivity contribution in [2.75, 3.05) is 6.61 Å². The van der Waals surface area contributed by atoms with Crippen LogP contribution in [0.15, 0.2) is 48.5 Å². The van der Waals surface area contributed by atoms with Crippen LogP contribution in [0.2, 0.25) is 0 Å². The van der Waals surface area contributed by atoms with E-state index in [1.165, 1.54) is 6.07 Å². The highest BCUT2D eigenvalue weighted by Crippen LogP contribution is 2.18. The van der Waals surface area contributed by atoms with Crippen LogP contribution in [0.1, 0.15) is 27.5 Å². The number of hydrogen-bond acceptors (Lipinski definition) is 3. The van der Waals surface area contributed by atoms with E-state index < -0.39 is 6.04 Å². The van der Waals surface area contributed by atoms with Crippen LogP contribution in [-0.2, 0) is 0 Å². The van der Waals surface area contributed by atoms with Crippen LogP contribution >= 0.6 is 0 Å². The predicted molar refractivity (Wildman–Crippen MR) is 76.6 cm³/mol. The molecule has 0 aliphatic heterocycles. The lowest BCUT2D eigenvalue weighted by atomic mass is 10.1. The van der Waals surface area contributed by atoms with Gasteiger partial charge in [-0.05, 0) is 30.2 Å². The van der Waals surface area contributed by atoms with Gasteiger partial charge in [0.25, 0.3) is 5.91 Å². The summed E-state index contributed by atoms with van der Waals surface area (Å²) in [5.41, 5.74) is 1.91. The highest BCUT2D eigenvalue weighted by molar-refractivity contribution is 5.95. The molecule has 0 spiro atoms. The smallest absolute Gasteiger partial charge is 0.251 e. The Balaban J connectivity index is 2.15. The molecule has 0 aliphatic carbocycles. The van der Waals surface area contributed by atoms with E-state index in [-0.39, 0.29) is 18.3 Å². The Hall–Kier alpha value is -2.33. The maximum atomic E-state index is 12.1. The van der Waals surface area contributed by atoms with Crippen LogP contribution in [-0.4, -0.2) is 22.7 Å². The Morgan fingerprint density at radius 2 is 1.90 bits per heavy atom. The predicted octanol–water partition coefficient (Wildman–Crippen LogP) is 2.16. The van der Waals surface area contributed by atoms with Crippen molar-refractivity contribution in [3.8, 4) is 5.75 Å². The number of phenolic OH excluding ortho intramolecular Hbond substituents is 1. The van der Waals surface area contributed by atoms with Crippen LogP contribution in [0.5, 0.6) is 5.75 Å². The van der Waals surface area contributed by atoms with E-state index in [1.807, 2.05) is 30.3 Å². The summed E-state index contributed by atoms with van der Waals surface area (Å²) in [6, 6.07) is 13.5. The molecule has 0 bridgehead atoms. The van der Waals surface area contributed by atoms with Gasteiger partial charge in [-0.15, -0.1) is 0 Å². The Morgan fingerprint density at radius 1 is 1.20 bits per heavy atom. The number of aryl methyl sites for hydroxylation is 1. The average molecular weight is 271 g/mol. The number of rotatable bonds is 4. The van der Waals surface area contributed by atoms with E-state index in [0.29, 0.717) is 11.1 Å². The summed E-state index contributed by atoms with van der Waals surface area (Å²) in [4.78, 5) is 12.1. The van der Waals surface area contributed by atoms with Gasteiger partial charge in [0.1, 0.15) is 5.75 Å². The molecule has 2 rings (SSSR count). The zero-order chi connectivity index (χ0) is 14.5. The fraction of sp³-hybridized carbons (Fsp3) is 0.188. The van der Waals surface area contributed by atoms with Gasteiger partial charge in [0.2, 0.25) is 0 Å². The second-order valence-electron chi connectivity index (χ2n) is 4.62. The van der Waals surface area contributed by atoms with E-state index in [2.05, 4.69) is 5.32 Å². The molecule has 0 radical (unpaired) electrons. The largest absolute Gasteiger partial charge is 0.508 e. The number of amides is 1. The summed E-state index contributed by atoms with van der Waals surface area (Å²) in [5, 5.41) is 21.8. The van der Waals surface area contributed by atoms with Gasteiger partial charge in [0.05, 0.1) is 12.6 Å². The molecule has 104 valence electrons. The third kappa shape index (κ3) is 3.16. The van der Waals surface area contributed by atoms with Gasteiger partial charge in [-0.1, -0.05) is 36.4 Å². The van der Waals surface area contributed by atoms with Gasteiger partial charge in [0, 0.05) is 5.56 Å². The quantitative estimate of drug-likeness (QED) is 0.798. The molecule has 0 saturated carbocycles. The van der Waals surface area contributed by atoms with Gasteiger partial charge in [-0.2, -0.15) is 0 Å². The van der Waals surface area contributed by atoms with Gasteiger partial charge >= 0.3 is 0 Å². The number of phenols is 1. The summed E-state index contributed by atoms with van der Waals surface area (Å²) in [5.74, 6) is -0.249. The van der Waals surface area contributed by atoms with E-state index in [9.17, 15) is 15.0 Å². The van der Waals surface area contributed by atoms with Crippen molar-refractivity contribution in [3.05, 3.63) is 65.2 Å². The molecule has 3 N–H and O–H groups in total. The molecule has 0 fully saturated rings. The summed E-state index contributed by atoms with van der Waals surface area (Å²) >= 11 is 0. The van der Waals surface area contributed by atoms with Crippen LogP contribution < -0.4 is 5.32 Å². The zero-order valence-corrected chi connectivity index (χ0v) is 11.2. The van der Waals surface area contributed by atoms with Crippen LogP contribution in [0.3, 0.4) is 0 Å². The molecule has 1 unspecified atom stereocenters. The molecular formula is C16H17NO3. The zero-order valence-electron chi connectivity index (χ0n) is 11.2. The maximum Gasteiger partial charge on any atom is 0.251 e. The van der Waals surface area contributed by atoms with Crippen molar-refractivity contribution in [2.24, 2.45) is 0 Å². The number of carbonyl (C=O) groups excluding carboxylic acids is 1. The minimum Gasteiger partial charge on any atom is -0.508 e. The number of aromatic hydroxyl groups is 1. The van der Waals surface area contributed by atoms with E-state index >= 15 is 0 Å². The monoisotopic (exact) mass is 271 g/mol. The molecule has 0 aromatic heterocycles. The minimum atomic E-state index is -0.466. The van der Waals surface area contributed by atoms with E-state index in [1.54, 1.807) is 19.1 Å². The molecule has 0 saturated heterocycles. The van der Waals surface area contributed by atoms with Gasteiger partial charge in [-0.3, -0.25) is 4.79 Å². The third-order valence-electron chi connectivity index (χ3n) is 3.16. The van der Waals surface area contributed by atoms with E-state index in [0.717, 1.165) is 5.56 Å². The molecule has 2 aromatic rings. The Kier molecular flexibility index (Phi) is 4.38. The molecule has 4 heteroatoms. The van der Waals surface area contributed by atoms with Crippen molar-refractivity contribution < 1.29 is 15.0 Å². The number of hydrogen-bond donors (Lipinski definition) is 3. The van der Waals surface area contributed by atoms with E-state index in [4.69, 9.17) is 0 Å². The van der Waals surface area contributed by atoms with Crippen molar-refractivity contribution in [2.45, 2.75) is 13.0 Å². The normalized spacial score (nSPS) is 11.9. The lowest BCUT2D eigenvalue weighted by molar-refractivity contribution is 0.0916. The molecule has 1 amide bonds. The minimum absolute atomic E-state index is 0.0814. The van der Waals surface area contributed by atoms with Crippen molar-refractivity contribution in [1.82, 2.24) is 5.32 Å². The molecule has 0 aliphatic rings. The van der Waals surface area contributed by atoms with Crippen molar-refractivity contribution in [1.29, 1.82) is 0 Å². The number of nitrogens with one attached hydrogen (secondary N) is 1. The Bertz CT molecular complexity index is 596. The second kappa shape index (κ2) is 6.21. The molecule has 4 nitrogen and oxygen atoms in total. The first kappa shape index (κ1) is 14.1. The SMILES string of the molecule is Cc1ccc(C(=O)NC(CO)c2ccccc2)cc1O. The van der Waals surface area contributed by atoms with Crippen molar-refractivity contribution in [3.63, 3.8) is 0 Å². The molecule has 0 heterocycles. The first-order chi connectivity index (χ1) is 9.61. The van der Waals surface area contributed by atoms with Crippen LogP contribution in [0.25, 0.3) is 0 Å². The topological polar surface area (TPSA) is 69.6 Å². The maximum absolute atomic E-state index is 12.1. The lowest BCUT2D eigenvalue weighted by Gasteiger charge is -2.17. The van der Waals surface area contributed by atoms with Crippen LogP contribution in [0.4, 0.5) is 0 Å². The lowest BCUT2D eigenvalue weighted by Crippen LogP contribution is -2.30. The fourth-order valence-electron chi connectivity index (χ4n) is 1.91. The third-order valence-corrected chi connectivity index (χ3v) is 3.16. The van der Waals surface area contributed by atoms with Gasteiger partial charge < -0.3 is 15.5 Å². The summed E-state index contributed by atoms with van der Waals surface area (Å²) in [6.45, 7) is 1.57. The Labute approximate surface area is 117 Å². The van der Waals surface area contributed by atoms with Gasteiger partial charge in [-0.25, -0.2) is 0 Å². The van der Waals surface area contributed by atoms with Crippen LogP contribution in [0, 0.1) is 6.92 Å². The van der Waals surface area contributed by atoms with Gasteiger partial charge in [0.15, 0.2) is 0 Å². The number of carbonyl (C=O) groups is 1. The number of benzene rings is 2. The molecular weight excluding hydrogens is 254 g/mol. The summed E-state index contributed by atoms with van der Waals surface area (Å²) < 4.78 is 0. The summed E-state index contributed by atoms with van der Waals surface area (Å²) in [7, 11) is 0. The second-order valence-corrected chi connectivity index (χ2v) is 4.62. The fourth-order valence-corrected chi connectivity index (χ4v) is 1.91. The highest BCUT2D eigenvalue weighted by Gasteiger charge is 2.15. The summed E-state index contributed by atoms with van der Waals surface area (Å²) in [6.07, 6.45) is 0. The molecule has 1 atom stereocenters. The molecule has 2 aromatic carbocycles. The molecule has 20 heavy (non-hydrogen) atoms. The first-order valence-corrected chi connectivity index (χ1v) is 6.38. The number of aliphatic hydroxyl groups excluding tert-OH is 1. The highest BCUT2D eigenvalue weighted by atomic mass is 16.3. The Morgan fingerprint density at radius 3 is 2.50 bits per heavy atom. The van der Waals surface area contributed by atoms with Crippen molar-refractivity contribution >= 4 is 5.91 Å². The average Bonchev–Trinajstić information content (AvgIpc) is 2.48. The number of aliphatic hydroxyl groups is 1. The first-order valence-electron chi connectivity index (χ1n) is 6.38. The standard InChI is InChI=1S/C16H17NO3/c1-11-7-8-13(9-15(11)19)16(20)17-14(10-18)12-5-3-2-4-6-12/h2-9,14,18-19H,10H2,1H3,(H,17,20).